The van der Waals surface area contributed by atoms with Crippen molar-refractivity contribution in [3.8, 4) is 0 Å². The van der Waals surface area contributed by atoms with Crippen molar-refractivity contribution < 1.29 is 0 Å². The number of hydrogen-bond donors (Lipinski definition) is 2. The molecule has 5 nitrogen and oxygen atoms in total. The Hall–Kier alpha value is -1.14. The molecule has 0 amide bonds. The molecule has 0 spiro atoms. The van der Waals surface area contributed by atoms with E-state index in [1.165, 1.54) is 0 Å². The van der Waals surface area contributed by atoms with Gasteiger partial charge in [-0.05, 0) is 12.1 Å². The van der Waals surface area contributed by atoms with E-state index in [-0.39, 0.29) is 30.4 Å². The number of H-pyrrole nitrogens is 1. The summed E-state index contributed by atoms with van der Waals surface area (Å²) in [5.41, 5.74) is 0.738. The molecule has 2 heterocycles. The highest BCUT2D eigenvalue weighted by Gasteiger charge is 2.10. The van der Waals surface area contributed by atoms with E-state index in [1.807, 2.05) is 18.2 Å². The molecule has 0 bridgehead atoms. The zero-order chi connectivity index (χ0) is 13.1. The molecular formula is C14H20Cl2N4O. The summed E-state index contributed by atoms with van der Waals surface area (Å²) in [4.78, 5) is 21.7. The molecule has 0 radical (unpaired) electrons. The molecule has 1 aromatic heterocycles. The Labute approximate surface area is 136 Å². The molecule has 1 aromatic carbocycles. The lowest BCUT2D eigenvalue weighted by molar-refractivity contribution is 0.242. The maximum Gasteiger partial charge on any atom is 0.258 e. The van der Waals surface area contributed by atoms with Crippen LogP contribution in [0.5, 0.6) is 0 Å². The first-order valence-electron chi connectivity index (χ1n) is 6.74. The van der Waals surface area contributed by atoms with Gasteiger partial charge in [0.25, 0.3) is 5.56 Å². The predicted molar refractivity (Wildman–Crippen MR) is 89.9 cm³/mol. The van der Waals surface area contributed by atoms with Crippen molar-refractivity contribution in [1.82, 2.24) is 20.2 Å². The van der Waals surface area contributed by atoms with E-state index in [0.717, 1.165) is 50.5 Å². The van der Waals surface area contributed by atoms with Crippen molar-refractivity contribution >= 4 is 35.7 Å². The summed E-state index contributed by atoms with van der Waals surface area (Å²) in [6.07, 6.45) is 0.792. The van der Waals surface area contributed by atoms with E-state index in [4.69, 9.17) is 0 Å². The number of nitrogens with one attached hydrogen (secondary N) is 2. The molecule has 2 N–H and O–H groups in total. The van der Waals surface area contributed by atoms with Crippen molar-refractivity contribution in [3.05, 3.63) is 40.4 Å². The van der Waals surface area contributed by atoms with Crippen molar-refractivity contribution in [1.29, 1.82) is 0 Å². The number of hydrogen-bond acceptors (Lipinski definition) is 4. The largest absolute Gasteiger partial charge is 0.314 e. The van der Waals surface area contributed by atoms with E-state index < -0.39 is 0 Å². The topological polar surface area (TPSA) is 61.0 Å². The average molecular weight is 331 g/mol. The summed E-state index contributed by atoms with van der Waals surface area (Å²) < 4.78 is 0. The molecule has 1 aliphatic rings. The summed E-state index contributed by atoms with van der Waals surface area (Å²) in [5, 5.41) is 3.99. The molecule has 1 fully saturated rings. The van der Waals surface area contributed by atoms with Crippen molar-refractivity contribution in [2.24, 2.45) is 0 Å². The Kier molecular flexibility index (Phi) is 7.11. The molecule has 0 atom stereocenters. The van der Waals surface area contributed by atoms with E-state index in [0.29, 0.717) is 5.39 Å². The van der Waals surface area contributed by atoms with Gasteiger partial charge in [-0.2, -0.15) is 0 Å². The first kappa shape index (κ1) is 17.9. The number of aromatic amines is 1. The highest BCUT2D eigenvalue weighted by molar-refractivity contribution is 5.85. The number of para-hydroxylation sites is 1. The normalized spacial score (nSPS) is 15.2. The molecule has 0 unspecified atom stereocenters. The fraction of sp³-hybridized carbons (Fsp3) is 0.429. The van der Waals surface area contributed by atoms with Gasteiger partial charge in [0.15, 0.2) is 0 Å². The maximum absolute atomic E-state index is 11.9. The van der Waals surface area contributed by atoms with Gasteiger partial charge in [-0.1, -0.05) is 12.1 Å². The van der Waals surface area contributed by atoms with Crippen molar-refractivity contribution in [2.45, 2.75) is 6.42 Å². The minimum Gasteiger partial charge on any atom is -0.314 e. The zero-order valence-electron chi connectivity index (χ0n) is 11.7. The summed E-state index contributed by atoms with van der Waals surface area (Å²) in [7, 11) is 0. The minimum atomic E-state index is -0.0408. The summed E-state index contributed by atoms with van der Waals surface area (Å²) in [6.45, 7) is 5.17. The average Bonchev–Trinajstić information content (AvgIpc) is 2.46. The second kappa shape index (κ2) is 8.34. The minimum absolute atomic E-state index is 0. The molecular weight excluding hydrogens is 311 g/mol. The quantitative estimate of drug-likeness (QED) is 0.888. The van der Waals surface area contributed by atoms with Crippen LogP contribution in [0.15, 0.2) is 29.1 Å². The molecule has 7 heteroatoms. The van der Waals surface area contributed by atoms with Crippen molar-refractivity contribution in [3.63, 3.8) is 0 Å². The SMILES string of the molecule is Cl.Cl.O=c1[nH]c(CCN2CCNCC2)nc2ccccc12. The Morgan fingerprint density at radius 3 is 2.62 bits per heavy atom. The lowest BCUT2D eigenvalue weighted by atomic mass is 10.2. The number of benzene rings is 1. The summed E-state index contributed by atoms with van der Waals surface area (Å²) in [6, 6.07) is 7.47. The molecule has 2 aromatic rings. The van der Waals surface area contributed by atoms with Crippen molar-refractivity contribution in [2.75, 3.05) is 32.7 Å². The highest BCUT2D eigenvalue weighted by Crippen LogP contribution is 2.06. The fourth-order valence-corrected chi connectivity index (χ4v) is 2.45. The zero-order valence-corrected chi connectivity index (χ0v) is 13.3. The molecule has 1 aliphatic heterocycles. The number of rotatable bonds is 3. The van der Waals surface area contributed by atoms with Gasteiger partial charge in [0.2, 0.25) is 0 Å². The van der Waals surface area contributed by atoms with Gasteiger partial charge in [-0.25, -0.2) is 4.98 Å². The predicted octanol–water partition coefficient (Wildman–Crippen LogP) is 1.21. The number of aromatic nitrogens is 2. The fourth-order valence-electron chi connectivity index (χ4n) is 2.45. The third-order valence-electron chi connectivity index (χ3n) is 3.54. The molecule has 21 heavy (non-hydrogen) atoms. The summed E-state index contributed by atoms with van der Waals surface area (Å²) in [5.74, 6) is 0.780. The lowest BCUT2D eigenvalue weighted by Gasteiger charge is -2.26. The van der Waals surface area contributed by atoms with Crippen LogP contribution in [0.4, 0.5) is 0 Å². The van der Waals surface area contributed by atoms with Gasteiger partial charge in [0.1, 0.15) is 5.82 Å². The van der Waals surface area contributed by atoms with Gasteiger partial charge in [0.05, 0.1) is 10.9 Å². The van der Waals surface area contributed by atoms with Gasteiger partial charge >= 0.3 is 0 Å². The molecule has 1 saturated heterocycles. The van der Waals surface area contributed by atoms with Gasteiger partial charge < -0.3 is 15.2 Å². The third kappa shape index (κ3) is 4.41. The number of halogens is 2. The first-order chi connectivity index (χ1) is 9.33. The molecule has 116 valence electrons. The molecule has 0 aliphatic carbocycles. The van der Waals surface area contributed by atoms with Crippen LogP contribution in [-0.2, 0) is 6.42 Å². The van der Waals surface area contributed by atoms with Crippen LogP contribution in [0.2, 0.25) is 0 Å². The van der Waals surface area contributed by atoms with E-state index in [2.05, 4.69) is 20.2 Å². The summed E-state index contributed by atoms with van der Waals surface area (Å²) >= 11 is 0. The Bertz CT molecular complexity index is 626. The van der Waals surface area contributed by atoms with E-state index in [9.17, 15) is 4.79 Å². The Morgan fingerprint density at radius 2 is 1.86 bits per heavy atom. The van der Waals surface area contributed by atoms with Gasteiger partial charge in [-0.3, -0.25) is 4.79 Å². The monoisotopic (exact) mass is 330 g/mol. The van der Waals surface area contributed by atoms with Crippen LogP contribution in [0.25, 0.3) is 10.9 Å². The maximum atomic E-state index is 11.9. The molecule has 0 saturated carbocycles. The highest BCUT2D eigenvalue weighted by atomic mass is 35.5. The number of fused-ring (bicyclic) bond motifs is 1. The van der Waals surface area contributed by atoms with Crippen LogP contribution in [-0.4, -0.2) is 47.6 Å². The number of piperazine rings is 1. The first-order valence-corrected chi connectivity index (χ1v) is 6.74. The van der Waals surface area contributed by atoms with Gasteiger partial charge in [-0.15, -0.1) is 24.8 Å². The van der Waals surface area contributed by atoms with Gasteiger partial charge in [0, 0.05) is 39.1 Å². The Morgan fingerprint density at radius 1 is 1.14 bits per heavy atom. The third-order valence-corrected chi connectivity index (χ3v) is 3.54. The van der Waals surface area contributed by atoms with E-state index >= 15 is 0 Å². The van der Waals surface area contributed by atoms with Crippen LogP contribution < -0.4 is 10.9 Å². The lowest BCUT2D eigenvalue weighted by Crippen LogP contribution is -2.44. The van der Waals surface area contributed by atoms with Crippen LogP contribution >= 0.6 is 24.8 Å². The smallest absolute Gasteiger partial charge is 0.258 e. The van der Waals surface area contributed by atoms with Crippen LogP contribution in [0.1, 0.15) is 5.82 Å². The van der Waals surface area contributed by atoms with E-state index in [1.54, 1.807) is 6.07 Å². The molecule has 3 rings (SSSR count). The Balaban J connectivity index is 0.00000110. The van der Waals surface area contributed by atoms with Crippen LogP contribution in [0.3, 0.4) is 0 Å². The second-order valence-electron chi connectivity index (χ2n) is 4.87. The number of nitrogens with zero attached hydrogens (tertiary/aromatic N) is 2. The second-order valence-corrected chi connectivity index (χ2v) is 4.87. The standard InChI is InChI=1S/C14H18N4O.2ClH/c19-14-11-3-1-2-4-12(11)16-13(17-14)5-8-18-9-6-15-7-10-18;;/h1-4,15H,5-10H2,(H,16,17,19);2*1H. The van der Waals surface area contributed by atoms with Crippen LogP contribution in [0, 0.1) is 0 Å².